The molecule has 1 aliphatic heterocycles. The summed E-state index contributed by atoms with van der Waals surface area (Å²) in [7, 11) is 0. The van der Waals surface area contributed by atoms with Crippen molar-refractivity contribution < 1.29 is 9.53 Å². The second-order valence-corrected chi connectivity index (χ2v) is 8.25. The van der Waals surface area contributed by atoms with Crippen LogP contribution in [0.25, 0.3) is 0 Å². The summed E-state index contributed by atoms with van der Waals surface area (Å²) < 4.78 is 5.35. The number of piperidine rings is 1. The molecule has 3 rings (SSSR count). The fourth-order valence-electron chi connectivity index (χ4n) is 4.13. The third-order valence-electron chi connectivity index (χ3n) is 5.79. The Bertz CT molecular complexity index is 858. The maximum absolute atomic E-state index is 12.3. The summed E-state index contributed by atoms with van der Waals surface area (Å²) in [6.45, 7) is 20.5. The van der Waals surface area contributed by atoms with E-state index < -0.39 is 6.09 Å². The first kappa shape index (κ1) is 34.1. The highest BCUT2D eigenvalue weighted by atomic mass is 16.6. The van der Waals surface area contributed by atoms with E-state index in [1.807, 2.05) is 41.5 Å². The summed E-state index contributed by atoms with van der Waals surface area (Å²) in [5, 5.41) is 2.94. The molecule has 2 aliphatic rings. The largest absolute Gasteiger partial charge is 0.416 e. The molecule has 0 radical (unpaired) electrons. The molecular weight excluding hydrogens is 456 g/mol. The normalized spacial score (nSPS) is 15.9. The first-order valence-electron chi connectivity index (χ1n) is 14.2. The van der Waals surface area contributed by atoms with Gasteiger partial charge in [0.25, 0.3) is 0 Å². The average Bonchev–Trinajstić information content (AvgIpc) is 2.95. The second-order valence-electron chi connectivity index (χ2n) is 8.25. The molecule has 0 saturated carbocycles. The lowest BCUT2D eigenvalue weighted by Crippen LogP contribution is -2.37. The number of amides is 1. The van der Waals surface area contributed by atoms with E-state index in [1.165, 1.54) is 30.4 Å². The summed E-state index contributed by atoms with van der Waals surface area (Å²) in [6.07, 6.45) is 16.5. The molecule has 0 atom stereocenters. The number of hydrogen-bond acceptors (Lipinski definition) is 3. The Kier molecular flexibility index (Phi) is 20.6. The Hall–Kier alpha value is -2.85. The zero-order valence-electron chi connectivity index (χ0n) is 24.6. The standard InChI is InChI=1S/C27H34N2O2.3C2H6/c1-3-4-6-11-22(2)31-27(30)28-26-15-10-9-14-25(26)21-29-18-16-24(17-19-29)20-23-12-7-5-8-13-23;3*1-2/h3-8,11-15,24H,1,9-10,16-21H2,2H3,(H,28,30);3*1-2H3/b6-4-,22-11+;;;. The van der Waals surface area contributed by atoms with Crippen LogP contribution < -0.4 is 5.32 Å². The maximum Gasteiger partial charge on any atom is 0.416 e. The highest BCUT2D eigenvalue weighted by Crippen LogP contribution is 2.24. The molecule has 1 fully saturated rings. The van der Waals surface area contributed by atoms with Crippen molar-refractivity contribution in [2.45, 2.75) is 80.6 Å². The SMILES string of the molecule is C=C/C=C\C=C(/C)OC(=O)NC1=CCCC=C1CN1CCC(Cc2ccccc2)CC1.CC.CC.CC. The van der Waals surface area contributed by atoms with Crippen LogP contribution >= 0.6 is 0 Å². The van der Waals surface area contributed by atoms with E-state index in [2.05, 4.69) is 59.3 Å². The van der Waals surface area contributed by atoms with E-state index in [-0.39, 0.29) is 0 Å². The van der Waals surface area contributed by atoms with Crippen molar-refractivity contribution in [3.8, 4) is 0 Å². The fourth-order valence-corrected chi connectivity index (χ4v) is 4.13. The number of ether oxygens (including phenoxy) is 1. The third kappa shape index (κ3) is 14.5. The van der Waals surface area contributed by atoms with Gasteiger partial charge in [-0.3, -0.25) is 10.2 Å². The summed E-state index contributed by atoms with van der Waals surface area (Å²) in [6, 6.07) is 10.8. The van der Waals surface area contributed by atoms with Crippen molar-refractivity contribution in [1.82, 2.24) is 10.2 Å². The lowest BCUT2D eigenvalue weighted by Gasteiger charge is -2.33. The van der Waals surface area contributed by atoms with Gasteiger partial charge in [0.1, 0.15) is 5.76 Å². The van der Waals surface area contributed by atoms with E-state index in [4.69, 9.17) is 4.74 Å². The van der Waals surface area contributed by atoms with Gasteiger partial charge in [0.2, 0.25) is 0 Å². The first-order chi connectivity index (χ1) is 18.1. The van der Waals surface area contributed by atoms with Crippen LogP contribution in [0.1, 0.15) is 79.7 Å². The molecule has 1 heterocycles. The van der Waals surface area contributed by atoms with Crippen molar-refractivity contribution in [3.05, 3.63) is 96.0 Å². The van der Waals surface area contributed by atoms with Crippen molar-refractivity contribution in [2.24, 2.45) is 5.92 Å². The molecule has 37 heavy (non-hydrogen) atoms. The van der Waals surface area contributed by atoms with Gasteiger partial charge in [-0.1, -0.05) is 109 Å². The molecule has 4 heteroatoms. The molecule has 1 amide bonds. The summed E-state index contributed by atoms with van der Waals surface area (Å²) in [5.41, 5.74) is 3.52. The van der Waals surface area contributed by atoms with Crippen molar-refractivity contribution in [2.75, 3.05) is 19.6 Å². The smallest absolute Gasteiger partial charge is 0.415 e. The number of benzene rings is 1. The molecule has 0 bridgehead atoms. The molecule has 1 aromatic rings. The van der Waals surface area contributed by atoms with Gasteiger partial charge in [-0.2, -0.15) is 0 Å². The van der Waals surface area contributed by atoms with Crippen molar-refractivity contribution in [3.63, 3.8) is 0 Å². The monoisotopic (exact) mass is 508 g/mol. The Morgan fingerprint density at radius 1 is 1.00 bits per heavy atom. The van der Waals surface area contributed by atoms with Gasteiger partial charge >= 0.3 is 6.09 Å². The van der Waals surface area contributed by atoms with Gasteiger partial charge in [-0.25, -0.2) is 4.79 Å². The third-order valence-corrected chi connectivity index (χ3v) is 5.79. The van der Waals surface area contributed by atoms with Crippen LogP contribution in [0.5, 0.6) is 0 Å². The number of hydrogen-bond donors (Lipinski definition) is 1. The number of rotatable bonds is 8. The molecule has 1 saturated heterocycles. The molecule has 1 aromatic carbocycles. The van der Waals surface area contributed by atoms with E-state index in [0.717, 1.165) is 44.1 Å². The zero-order valence-corrected chi connectivity index (χ0v) is 24.6. The molecule has 1 N–H and O–H groups in total. The summed E-state index contributed by atoms with van der Waals surface area (Å²) >= 11 is 0. The Morgan fingerprint density at radius 2 is 1.62 bits per heavy atom. The van der Waals surface area contributed by atoms with E-state index >= 15 is 0 Å². The molecule has 0 unspecified atom stereocenters. The highest BCUT2D eigenvalue weighted by molar-refractivity contribution is 5.72. The second kappa shape index (κ2) is 22.4. The summed E-state index contributed by atoms with van der Waals surface area (Å²) in [4.78, 5) is 14.8. The Morgan fingerprint density at radius 3 is 2.24 bits per heavy atom. The lowest BCUT2D eigenvalue weighted by molar-refractivity contribution is 0.178. The average molecular weight is 509 g/mol. The molecule has 1 aliphatic carbocycles. The molecule has 0 spiro atoms. The van der Waals surface area contributed by atoms with Gasteiger partial charge in [-0.05, 0) is 75.2 Å². The number of nitrogens with one attached hydrogen (secondary N) is 1. The molecule has 206 valence electrons. The van der Waals surface area contributed by atoms with Crippen LogP contribution in [-0.4, -0.2) is 30.6 Å². The number of carbonyl (C=O) groups excluding carboxylic acids is 1. The highest BCUT2D eigenvalue weighted by Gasteiger charge is 2.22. The molecular formula is C33H52N2O2. The van der Waals surface area contributed by atoms with Crippen molar-refractivity contribution >= 4 is 6.09 Å². The maximum atomic E-state index is 12.3. The summed E-state index contributed by atoms with van der Waals surface area (Å²) in [5.74, 6) is 1.30. The first-order valence-corrected chi connectivity index (χ1v) is 14.2. The van der Waals surface area contributed by atoms with Crippen molar-refractivity contribution in [1.29, 1.82) is 0 Å². The van der Waals surface area contributed by atoms with E-state index in [9.17, 15) is 4.79 Å². The van der Waals surface area contributed by atoms with Crippen LogP contribution in [0.15, 0.2) is 90.4 Å². The molecule has 0 aromatic heterocycles. The zero-order chi connectivity index (χ0) is 27.9. The van der Waals surface area contributed by atoms with Crippen LogP contribution in [0.2, 0.25) is 0 Å². The molecule has 4 nitrogen and oxygen atoms in total. The Balaban J connectivity index is 0.00000201. The number of likely N-dealkylation sites (tertiary alicyclic amines) is 1. The van der Waals surface area contributed by atoms with E-state index in [1.54, 1.807) is 31.2 Å². The quantitative estimate of drug-likeness (QED) is 0.281. The lowest BCUT2D eigenvalue weighted by atomic mass is 9.90. The van der Waals surface area contributed by atoms with Crippen LogP contribution in [-0.2, 0) is 11.2 Å². The Labute approximate surface area is 227 Å². The van der Waals surface area contributed by atoms with Gasteiger partial charge in [0.05, 0.1) is 0 Å². The van der Waals surface area contributed by atoms with Gasteiger partial charge in [0.15, 0.2) is 0 Å². The van der Waals surface area contributed by atoms with Crippen LogP contribution in [0.4, 0.5) is 4.79 Å². The number of alkyl carbamates (subject to hydrolysis) is 1. The van der Waals surface area contributed by atoms with Crippen LogP contribution in [0, 0.1) is 5.92 Å². The van der Waals surface area contributed by atoms with Crippen LogP contribution in [0.3, 0.4) is 0 Å². The number of nitrogens with zero attached hydrogens (tertiary/aromatic N) is 1. The van der Waals surface area contributed by atoms with Gasteiger partial charge in [0, 0.05) is 12.2 Å². The number of allylic oxidation sites excluding steroid dienone is 7. The minimum Gasteiger partial charge on any atom is -0.415 e. The topological polar surface area (TPSA) is 41.6 Å². The predicted molar refractivity (Wildman–Crippen MR) is 161 cm³/mol. The fraction of sp³-hybridized carbons (Fsp3) is 0.485. The minimum absolute atomic E-state index is 0.443. The minimum atomic E-state index is -0.443. The van der Waals surface area contributed by atoms with Gasteiger partial charge < -0.3 is 4.74 Å². The number of carbonyl (C=O) groups is 1. The predicted octanol–water partition coefficient (Wildman–Crippen LogP) is 9.00. The van der Waals surface area contributed by atoms with E-state index in [0.29, 0.717) is 5.76 Å². The van der Waals surface area contributed by atoms with Gasteiger partial charge in [-0.15, -0.1) is 0 Å².